The Morgan fingerprint density at radius 1 is 1.18 bits per heavy atom. The van der Waals surface area contributed by atoms with E-state index >= 15 is 0 Å². The molecule has 1 saturated heterocycles. The lowest BCUT2D eigenvalue weighted by Gasteiger charge is -2.31. The van der Waals surface area contributed by atoms with Crippen LogP contribution in [0.5, 0.6) is 5.75 Å². The van der Waals surface area contributed by atoms with Gasteiger partial charge in [0.15, 0.2) is 5.13 Å². The van der Waals surface area contributed by atoms with Gasteiger partial charge in [0, 0.05) is 35.5 Å². The molecule has 2 aromatic carbocycles. The number of hydrogen-bond acceptors (Lipinski definition) is 9. The maximum atomic E-state index is 12.1. The molecule has 40 heavy (non-hydrogen) atoms. The molecule has 0 amide bonds. The molecule has 0 spiro atoms. The fourth-order valence-corrected chi connectivity index (χ4v) is 7.76. The standard InChI is InChI=1S/C29H27Cl2N3O5S/c1-36-22-9-15(28(35)37-2)10-23-26(22)32-29(40-23)34-12-16-8-17(34)11-21(16)38-13-18-25(33-39-27(18)14-6-7-14)24-19(30)4-3-5-20(24)31/h3-5,9-10,14,16-17,21H,6-8,11-13H2,1-2H3/t16-,17-,21+/m1/s1. The number of anilines is 1. The van der Waals surface area contributed by atoms with Gasteiger partial charge in [-0.3, -0.25) is 0 Å². The van der Waals surface area contributed by atoms with Gasteiger partial charge < -0.3 is 23.6 Å². The second-order valence-corrected chi connectivity index (χ2v) is 12.5. The second kappa shape index (κ2) is 10.2. The zero-order chi connectivity index (χ0) is 27.5. The molecule has 0 radical (unpaired) electrons. The molecule has 8 nitrogen and oxygen atoms in total. The number of aromatic nitrogens is 2. The highest BCUT2D eigenvalue weighted by molar-refractivity contribution is 7.22. The average Bonchev–Trinajstić information content (AvgIpc) is 3.28. The van der Waals surface area contributed by atoms with Crippen molar-refractivity contribution in [2.75, 3.05) is 25.7 Å². The first-order valence-electron chi connectivity index (χ1n) is 13.3. The van der Waals surface area contributed by atoms with Gasteiger partial charge >= 0.3 is 5.97 Å². The van der Waals surface area contributed by atoms with Crippen LogP contribution in [0.3, 0.4) is 0 Å². The van der Waals surface area contributed by atoms with Crippen molar-refractivity contribution >= 4 is 55.9 Å². The monoisotopic (exact) mass is 599 g/mol. The molecule has 3 atom stereocenters. The number of carbonyl (C=O) groups is 1. The SMILES string of the molecule is COC(=O)c1cc(OC)c2nc(N3C[C@H]4C[C@@H]3C[C@@H]4OCc3c(-c4c(Cl)cccc4Cl)noc3C3CC3)sc2c1. The lowest BCUT2D eigenvalue weighted by molar-refractivity contribution is 0.0122. The first-order chi connectivity index (χ1) is 19.4. The van der Waals surface area contributed by atoms with Crippen molar-refractivity contribution in [3.05, 3.63) is 57.3 Å². The average molecular weight is 601 g/mol. The lowest BCUT2D eigenvalue weighted by atomic mass is 10.0. The number of carbonyl (C=O) groups excluding carboxylic acids is 1. The normalized spacial score (nSPS) is 21.9. The Labute approximate surface area is 245 Å². The third-order valence-corrected chi connectivity index (χ3v) is 9.89. The topological polar surface area (TPSA) is 86.9 Å². The van der Waals surface area contributed by atoms with Crippen molar-refractivity contribution in [2.24, 2.45) is 5.92 Å². The van der Waals surface area contributed by atoms with E-state index < -0.39 is 5.97 Å². The Hall–Kier alpha value is -2.85. The van der Waals surface area contributed by atoms with E-state index in [2.05, 4.69) is 10.1 Å². The molecule has 3 aliphatic rings. The van der Waals surface area contributed by atoms with Crippen LogP contribution in [0, 0.1) is 5.92 Å². The van der Waals surface area contributed by atoms with Crippen molar-refractivity contribution in [2.45, 2.75) is 50.4 Å². The van der Waals surface area contributed by atoms with Gasteiger partial charge in [-0.15, -0.1) is 0 Å². The summed E-state index contributed by atoms with van der Waals surface area (Å²) in [6.45, 7) is 1.28. The largest absolute Gasteiger partial charge is 0.494 e. The van der Waals surface area contributed by atoms with Crippen molar-refractivity contribution in [3.63, 3.8) is 0 Å². The highest BCUT2D eigenvalue weighted by Crippen LogP contribution is 2.48. The minimum Gasteiger partial charge on any atom is -0.494 e. The van der Waals surface area contributed by atoms with Gasteiger partial charge in [0.1, 0.15) is 22.7 Å². The molecular formula is C29H27Cl2N3O5S. The minimum atomic E-state index is -0.395. The van der Waals surface area contributed by atoms with Crippen LogP contribution < -0.4 is 9.64 Å². The van der Waals surface area contributed by atoms with Crippen LogP contribution in [-0.4, -0.2) is 49.0 Å². The Bertz CT molecular complexity index is 1600. The molecule has 1 aliphatic heterocycles. The Balaban J connectivity index is 1.09. The highest BCUT2D eigenvalue weighted by Gasteiger charge is 2.46. The van der Waals surface area contributed by atoms with Crippen LogP contribution in [-0.2, 0) is 16.1 Å². The number of fused-ring (bicyclic) bond motifs is 3. The summed E-state index contributed by atoms with van der Waals surface area (Å²) in [5.74, 6) is 1.84. The molecule has 2 saturated carbocycles. The molecule has 2 aromatic heterocycles. The smallest absolute Gasteiger partial charge is 0.338 e. The number of benzene rings is 2. The number of ether oxygens (including phenoxy) is 3. The van der Waals surface area contributed by atoms with Crippen molar-refractivity contribution < 1.29 is 23.5 Å². The Morgan fingerprint density at radius 3 is 2.65 bits per heavy atom. The summed E-state index contributed by atoms with van der Waals surface area (Å²) in [5.41, 5.74) is 3.54. The third kappa shape index (κ3) is 4.43. The number of methoxy groups -OCH3 is 2. The van der Waals surface area contributed by atoms with Gasteiger partial charge in [-0.1, -0.05) is 45.8 Å². The summed E-state index contributed by atoms with van der Waals surface area (Å²) >= 11 is 14.6. The van der Waals surface area contributed by atoms with E-state index in [4.69, 9.17) is 46.9 Å². The number of nitrogens with zero attached hydrogens (tertiary/aromatic N) is 3. The number of thiazole rings is 1. The fourth-order valence-electron chi connectivity index (χ4n) is 6.08. The summed E-state index contributed by atoms with van der Waals surface area (Å²) in [6, 6.07) is 9.30. The zero-order valence-electron chi connectivity index (χ0n) is 22.0. The van der Waals surface area contributed by atoms with E-state index in [1.165, 1.54) is 7.11 Å². The van der Waals surface area contributed by atoms with Crippen LogP contribution in [0.15, 0.2) is 34.9 Å². The Morgan fingerprint density at radius 2 is 1.98 bits per heavy atom. The van der Waals surface area contributed by atoms with Crippen LogP contribution in [0.25, 0.3) is 21.5 Å². The zero-order valence-corrected chi connectivity index (χ0v) is 24.3. The first kappa shape index (κ1) is 26.1. The van der Waals surface area contributed by atoms with Gasteiger partial charge in [-0.2, -0.15) is 0 Å². The number of piperidine rings is 1. The summed E-state index contributed by atoms with van der Waals surface area (Å²) < 4.78 is 23.7. The number of esters is 1. The van der Waals surface area contributed by atoms with Gasteiger partial charge in [0.25, 0.3) is 0 Å². The molecule has 4 aromatic rings. The number of rotatable bonds is 8. The molecule has 208 valence electrons. The van der Waals surface area contributed by atoms with Crippen molar-refractivity contribution in [3.8, 4) is 17.0 Å². The van der Waals surface area contributed by atoms with Gasteiger partial charge in [-0.05, 0) is 49.9 Å². The molecule has 11 heteroatoms. The summed E-state index contributed by atoms with van der Waals surface area (Å²) in [6.07, 6.45) is 4.28. The molecule has 0 unspecified atom stereocenters. The van der Waals surface area contributed by atoms with Gasteiger partial charge in [0.2, 0.25) is 0 Å². The van der Waals surface area contributed by atoms with Crippen molar-refractivity contribution in [1.29, 1.82) is 0 Å². The molecule has 7 rings (SSSR count). The molecule has 0 N–H and O–H groups in total. The van der Waals surface area contributed by atoms with E-state index in [1.807, 2.05) is 24.3 Å². The second-order valence-electron chi connectivity index (χ2n) is 10.6. The van der Waals surface area contributed by atoms with E-state index in [0.29, 0.717) is 57.1 Å². The first-order valence-corrected chi connectivity index (χ1v) is 14.9. The van der Waals surface area contributed by atoms with Crippen LogP contribution in [0.4, 0.5) is 5.13 Å². The van der Waals surface area contributed by atoms with Gasteiger partial charge in [0.05, 0.1) is 47.2 Å². The summed E-state index contributed by atoms with van der Waals surface area (Å²) in [7, 11) is 2.96. The van der Waals surface area contributed by atoms with Crippen LogP contribution in [0.1, 0.15) is 53.3 Å². The Kier molecular flexibility index (Phi) is 6.65. The molecule has 2 aliphatic carbocycles. The van der Waals surface area contributed by atoms with Crippen LogP contribution in [0.2, 0.25) is 10.0 Å². The molecular weight excluding hydrogens is 573 g/mol. The summed E-state index contributed by atoms with van der Waals surface area (Å²) in [4.78, 5) is 19.4. The van der Waals surface area contributed by atoms with E-state index in [9.17, 15) is 4.79 Å². The van der Waals surface area contributed by atoms with E-state index in [-0.39, 0.29) is 6.10 Å². The van der Waals surface area contributed by atoms with Gasteiger partial charge in [-0.25, -0.2) is 9.78 Å². The summed E-state index contributed by atoms with van der Waals surface area (Å²) in [5, 5.41) is 6.43. The molecule has 3 fully saturated rings. The van der Waals surface area contributed by atoms with E-state index in [0.717, 1.165) is 58.9 Å². The number of hydrogen-bond donors (Lipinski definition) is 0. The predicted molar refractivity (Wildman–Crippen MR) is 154 cm³/mol. The van der Waals surface area contributed by atoms with E-state index in [1.54, 1.807) is 24.5 Å². The third-order valence-electron chi connectivity index (χ3n) is 8.22. The fraction of sp³-hybridized carbons (Fsp3) is 0.414. The maximum absolute atomic E-state index is 12.1. The minimum absolute atomic E-state index is 0.132. The van der Waals surface area contributed by atoms with Crippen molar-refractivity contribution in [1.82, 2.24) is 10.1 Å². The van der Waals surface area contributed by atoms with Crippen LogP contribution >= 0.6 is 34.5 Å². The highest BCUT2D eigenvalue weighted by atomic mass is 35.5. The number of halogens is 2. The molecule has 2 bridgehead atoms. The quantitative estimate of drug-likeness (QED) is 0.198. The molecule has 3 heterocycles. The maximum Gasteiger partial charge on any atom is 0.338 e. The lowest BCUT2D eigenvalue weighted by Crippen LogP contribution is -2.38. The predicted octanol–water partition coefficient (Wildman–Crippen LogP) is 7.11.